The van der Waals surface area contributed by atoms with Crippen molar-refractivity contribution in [3.63, 3.8) is 0 Å². The number of aromatic nitrogens is 2. The zero-order valence-electron chi connectivity index (χ0n) is 12.7. The smallest absolute Gasteiger partial charge is 0.494 e. The number of aromatic hydroxyl groups is 1. The molecule has 1 aliphatic heterocycles. The van der Waals surface area contributed by atoms with E-state index in [1.165, 1.54) is 0 Å². The van der Waals surface area contributed by atoms with Gasteiger partial charge in [0.25, 0.3) is 0 Å². The Balaban J connectivity index is 1.97. The number of hydrogen-bond donors (Lipinski definition) is 2. The van der Waals surface area contributed by atoms with Crippen LogP contribution in [0, 0.1) is 0 Å². The Morgan fingerprint density at radius 2 is 1.76 bits per heavy atom. The predicted molar refractivity (Wildman–Crippen MR) is 81.4 cm³/mol. The van der Waals surface area contributed by atoms with Gasteiger partial charge < -0.3 is 14.4 Å². The Hall–Kier alpha value is -1.79. The van der Waals surface area contributed by atoms with Crippen molar-refractivity contribution in [1.29, 1.82) is 0 Å². The van der Waals surface area contributed by atoms with Crippen LogP contribution in [0.15, 0.2) is 30.5 Å². The van der Waals surface area contributed by atoms with Crippen molar-refractivity contribution in [3.8, 4) is 17.0 Å². The van der Waals surface area contributed by atoms with Crippen LogP contribution in [0.4, 0.5) is 0 Å². The summed E-state index contributed by atoms with van der Waals surface area (Å²) < 4.78 is 12.1. The average molecular weight is 286 g/mol. The topological polar surface area (TPSA) is 67.4 Å². The van der Waals surface area contributed by atoms with Crippen LogP contribution >= 0.6 is 0 Å². The molecule has 3 rings (SSSR count). The van der Waals surface area contributed by atoms with Gasteiger partial charge in [0, 0.05) is 11.8 Å². The summed E-state index contributed by atoms with van der Waals surface area (Å²) in [5.41, 5.74) is 1.54. The summed E-state index contributed by atoms with van der Waals surface area (Å²) in [5, 5.41) is 16.8. The number of phenols is 1. The SMILES string of the molecule is CC1(C)OB(c2ccc(O)c(-c3ccn[nH]3)c2)OC1(C)C. The molecule has 1 aliphatic rings. The van der Waals surface area contributed by atoms with Gasteiger partial charge in [0.15, 0.2) is 0 Å². The van der Waals surface area contributed by atoms with Crippen LogP contribution in [0.3, 0.4) is 0 Å². The molecule has 0 atom stereocenters. The van der Waals surface area contributed by atoms with Gasteiger partial charge in [0.05, 0.1) is 16.9 Å². The summed E-state index contributed by atoms with van der Waals surface area (Å²) in [6.07, 6.45) is 1.65. The Morgan fingerprint density at radius 3 is 2.33 bits per heavy atom. The first-order chi connectivity index (χ1) is 9.80. The normalized spacial score (nSPS) is 19.9. The number of nitrogens with zero attached hydrogens (tertiary/aromatic N) is 1. The first kappa shape index (κ1) is 14.2. The molecule has 2 heterocycles. The minimum absolute atomic E-state index is 0.194. The summed E-state index contributed by atoms with van der Waals surface area (Å²) in [7, 11) is -0.447. The standard InChI is InChI=1S/C15H19BN2O3/c1-14(2)15(3,4)21-16(20-14)10-5-6-13(19)11(9-10)12-7-8-17-18-12/h5-9,19H,1-4H3,(H,17,18). The molecule has 1 fully saturated rings. The van der Waals surface area contributed by atoms with E-state index in [0.717, 1.165) is 11.2 Å². The molecule has 1 aromatic heterocycles. The third-order valence-corrected chi connectivity index (χ3v) is 4.34. The summed E-state index contributed by atoms with van der Waals surface area (Å²) >= 11 is 0. The van der Waals surface area contributed by atoms with E-state index < -0.39 is 7.12 Å². The molecule has 0 unspecified atom stereocenters. The number of phenolic OH excluding ortho intramolecular Hbond substituents is 1. The van der Waals surface area contributed by atoms with Crippen molar-refractivity contribution in [1.82, 2.24) is 10.2 Å². The highest BCUT2D eigenvalue weighted by Gasteiger charge is 2.51. The Labute approximate surface area is 124 Å². The van der Waals surface area contributed by atoms with E-state index in [4.69, 9.17) is 9.31 Å². The third-order valence-electron chi connectivity index (χ3n) is 4.34. The zero-order valence-corrected chi connectivity index (χ0v) is 12.7. The van der Waals surface area contributed by atoms with Crippen LogP contribution in [0.5, 0.6) is 5.75 Å². The molecule has 1 aromatic carbocycles. The van der Waals surface area contributed by atoms with E-state index in [2.05, 4.69) is 10.2 Å². The van der Waals surface area contributed by atoms with Crippen LogP contribution in [-0.4, -0.2) is 33.6 Å². The molecule has 0 amide bonds. The van der Waals surface area contributed by atoms with Crippen LogP contribution < -0.4 is 5.46 Å². The minimum atomic E-state index is -0.447. The molecular formula is C15H19BN2O3. The molecule has 2 N–H and O–H groups in total. The van der Waals surface area contributed by atoms with Gasteiger partial charge in [-0.3, -0.25) is 5.10 Å². The van der Waals surface area contributed by atoms with E-state index in [-0.39, 0.29) is 17.0 Å². The lowest BCUT2D eigenvalue weighted by molar-refractivity contribution is 0.00578. The number of H-pyrrole nitrogens is 1. The summed E-state index contributed by atoms with van der Waals surface area (Å²) in [6.45, 7) is 8.07. The Bertz CT molecular complexity index is 637. The quantitative estimate of drug-likeness (QED) is 0.829. The second-order valence-corrected chi connectivity index (χ2v) is 6.34. The first-order valence-corrected chi connectivity index (χ1v) is 6.98. The van der Waals surface area contributed by atoms with Gasteiger partial charge in [-0.25, -0.2) is 0 Å². The van der Waals surface area contributed by atoms with Crippen molar-refractivity contribution in [3.05, 3.63) is 30.5 Å². The molecule has 0 aliphatic carbocycles. The molecule has 0 bridgehead atoms. The van der Waals surface area contributed by atoms with Crippen LogP contribution in [-0.2, 0) is 9.31 Å². The molecule has 0 saturated carbocycles. The molecule has 2 aromatic rings. The van der Waals surface area contributed by atoms with E-state index in [1.54, 1.807) is 12.3 Å². The second kappa shape index (κ2) is 4.61. The molecule has 110 valence electrons. The third kappa shape index (κ3) is 2.34. The first-order valence-electron chi connectivity index (χ1n) is 6.98. The maximum atomic E-state index is 10.0. The fourth-order valence-corrected chi connectivity index (χ4v) is 2.30. The fourth-order valence-electron chi connectivity index (χ4n) is 2.30. The number of hydrogen-bond acceptors (Lipinski definition) is 4. The number of nitrogens with one attached hydrogen (secondary N) is 1. The predicted octanol–water partition coefficient (Wildman–Crippen LogP) is 2.08. The summed E-state index contributed by atoms with van der Waals surface area (Å²) in [6, 6.07) is 7.14. The number of benzene rings is 1. The number of aromatic amines is 1. The Morgan fingerprint density at radius 1 is 1.10 bits per heavy atom. The molecule has 21 heavy (non-hydrogen) atoms. The van der Waals surface area contributed by atoms with Gasteiger partial charge >= 0.3 is 7.12 Å². The molecule has 0 radical (unpaired) electrons. The maximum absolute atomic E-state index is 10.0. The van der Waals surface area contributed by atoms with E-state index in [9.17, 15) is 5.11 Å². The van der Waals surface area contributed by atoms with Gasteiger partial charge in [0.2, 0.25) is 0 Å². The van der Waals surface area contributed by atoms with E-state index in [0.29, 0.717) is 5.56 Å². The molecule has 6 heteroatoms. The van der Waals surface area contributed by atoms with Crippen LogP contribution in [0.25, 0.3) is 11.3 Å². The van der Waals surface area contributed by atoms with E-state index >= 15 is 0 Å². The monoisotopic (exact) mass is 286 g/mol. The Kier molecular flexibility index (Phi) is 3.11. The molecule has 5 nitrogen and oxygen atoms in total. The van der Waals surface area contributed by atoms with Gasteiger partial charge in [-0.15, -0.1) is 0 Å². The van der Waals surface area contributed by atoms with Gasteiger partial charge in [-0.1, -0.05) is 6.07 Å². The van der Waals surface area contributed by atoms with Gasteiger partial charge in [-0.2, -0.15) is 5.10 Å². The van der Waals surface area contributed by atoms with Crippen molar-refractivity contribution in [2.45, 2.75) is 38.9 Å². The van der Waals surface area contributed by atoms with E-state index in [1.807, 2.05) is 45.9 Å². The van der Waals surface area contributed by atoms with Gasteiger partial charge in [-0.05, 0) is 51.4 Å². The molecule has 0 spiro atoms. The second-order valence-electron chi connectivity index (χ2n) is 6.34. The maximum Gasteiger partial charge on any atom is 0.494 e. The van der Waals surface area contributed by atoms with Crippen molar-refractivity contribution in [2.24, 2.45) is 0 Å². The lowest BCUT2D eigenvalue weighted by atomic mass is 9.78. The summed E-state index contributed by atoms with van der Waals surface area (Å²) in [5.74, 6) is 0.194. The van der Waals surface area contributed by atoms with Crippen molar-refractivity contribution >= 4 is 12.6 Å². The van der Waals surface area contributed by atoms with Gasteiger partial charge in [0.1, 0.15) is 5.75 Å². The van der Waals surface area contributed by atoms with Crippen molar-refractivity contribution < 1.29 is 14.4 Å². The van der Waals surface area contributed by atoms with Crippen molar-refractivity contribution in [2.75, 3.05) is 0 Å². The highest BCUT2D eigenvalue weighted by Crippen LogP contribution is 2.37. The lowest BCUT2D eigenvalue weighted by Crippen LogP contribution is -2.41. The molecular weight excluding hydrogens is 267 g/mol. The van der Waals surface area contributed by atoms with Crippen LogP contribution in [0.1, 0.15) is 27.7 Å². The lowest BCUT2D eigenvalue weighted by Gasteiger charge is -2.32. The number of rotatable bonds is 2. The molecule has 1 saturated heterocycles. The van der Waals surface area contributed by atoms with Crippen LogP contribution in [0.2, 0.25) is 0 Å². The zero-order chi connectivity index (χ0) is 15.3. The fraction of sp³-hybridized carbons (Fsp3) is 0.400. The average Bonchev–Trinajstić information content (AvgIpc) is 2.97. The highest BCUT2D eigenvalue weighted by atomic mass is 16.7. The minimum Gasteiger partial charge on any atom is -0.507 e. The largest absolute Gasteiger partial charge is 0.507 e. The highest BCUT2D eigenvalue weighted by molar-refractivity contribution is 6.62. The summed E-state index contributed by atoms with van der Waals surface area (Å²) in [4.78, 5) is 0.